The normalized spacial score (nSPS) is 16.5. The van der Waals surface area contributed by atoms with Crippen LogP contribution in [-0.2, 0) is 24.2 Å². The summed E-state index contributed by atoms with van der Waals surface area (Å²) in [5, 5.41) is 17.8. The topological polar surface area (TPSA) is 133 Å². The summed E-state index contributed by atoms with van der Waals surface area (Å²) in [4.78, 5) is 25.3. The van der Waals surface area contributed by atoms with Crippen molar-refractivity contribution in [3.8, 4) is 23.7 Å². The Hall–Kier alpha value is -2.89. The van der Waals surface area contributed by atoms with Crippen LogP contribution in [0.25, 0.3) is 0 Å². The third-order valence-electron chi connectivity index (χ3n) is 4.37. The maximum Gasteiger partial charge on any atom is 0.269 e. The van der Waals surface area contributed by atoms with Gasteiger partial charge in [0.2, 0.25) is 6.41 Å². The lowest BCUT2D eigenvalue weighted by Crippen LogP contribution is -2.71. The van der Waals surface area contributed by atoms with Crippen molar-refractivity contribution >= 4 is 27.8 Å². The first-order valence-electron chi connectivity index (χ1n) is 9.04. The van der Waals surface area contributed by atoms with Crippen LogP contribution >= 0.6 is 0 Å². The van der Waals surface area contributed by atoms with E-state index < -0.39 is 38.9 Å². The fourth-order valence-corrected chi connectivity index (χ4v) is 5.13. The first-order valence-corrected chi connectivity index (χ1v) is 10.9. The van der Waals surface area contributed by atoms with E-state index in [4.69, 9.17) is 9.84 Å². The fraction of sp³-hybridized carbons (Fsp3) is 0.400. The average Bonchev–Trinajstić information content (AvgIpc) is 2.70. The molecule has 0 aliphatic carbocycles. The molecule has 1 fully saturated rings. The van der Waals surface area contributed by atoms with Crippen molar-refractivity contribution < 1.29 is 33.1 Å². The predicted octanol–water partition coefficient (Wildman–Crippen LogP) is -0.536. The van der Waals surface area contributed by atoms with Gasteiger partial charge in [0.1, 0.15) is 11.6 Å². The van der Waals surface area contributed by atoms with Crippen LogP contribution in [0.15, 0.2) is 24.3 Å². The van der Waals surface area contributed by atoms with Gasteiger partial charge in [-0.15, -0.1) is 0 Å². The summed E-state index contributed by atoms with van der Waals surface area (Å²) in [5.74, 6) is 8.81. The van der Waals surface area contributed by atoms with E-state index in [-0.39, 0.29) is 13.2 Å². The highest BCUT2D eigenvalue weighted by atomic mass is 32.2. The molecule has 0 saturated carbocycles. The number of carbonyl (C=O) groups is 2. The maximum atomic E-state index is 12.4. The van der Waals surface area contributed by atoms with Crippen molar-refractivity contribution in [1.82, 2.24) is 5.48 Å². The Balaban J connectivity index is 2.35. The third kappa shape index (κ3) is 5.38. The Morgan fingerprint density at radius 2 is 2.00 bits per heavy atom. The number of hydrogen-bond donors (Lipinski definition) is 3. The number of nitrogens with one attached hydrogen (secondary N) is 1. The van der Waals surface area contributed by atoms with Gasteiger partial charge in [-0.05, 0) is 43.0 Å². The number of aliphatic hydroxyl groups is 1. The molecule has 160 valence electrons. The Bertz CT molecular complexity index is 986. The smallest absolute Gasteiger partial charge is 0.269 e. The van der Waals surface area contributed by atoms with Gasteiger partial charge in [-0.25, -0.2) is 13.9 Å². The summed E-state index contributed by atoms with van der Waals surface area (Å²) < 4.78 is 29.3. The molecule has 1 atom stereocenters. The van der Waals surface area contributed by atoms with Crippen LogP contribution in [0.5, 0.6) is 0 Å². The summed E-state index contributed by atoms with van der Waals surface area (Å²) in [7, 11) is -3.42. The lowest BCUT2D eigenvalue weighted by Gasteiger charge is -2.47. The van der Waals surface area contributed by atoms with E-state index in [1.807, 2.05) is 0 Å². The van der Waals surface area contributed by atoms with Gasteiger partial charge in [0.05, 0.1) is 18.1 Å². The van der Waals surface area contributed by atoms with Crippen LogP contribution in [0.3, 0.4) is 0 Å². The monoisotopic (exact) mass is 434 g/mol. The summed E-state index contributed by atoms with van der Waals surface area (Å²) in [6.07, 6.45) is 0.709. The lowest BCUT2D eigenvalue weighted by atomic mass is 9.94. The number of ether oxygens (including phenoxy) is 1. The molecule has 1 aliphatic heterocycles. The summed E-state index contributed by atoms with van der Waals surface area (Å²) in [6.45, 7) is 1.71. The van der Waals surface area contributed by atoms with Crippen LogP contribution in [0.2, 0.25) is 0 Å². The molecule has 0 spiro atoms. The highest BCUT2D eigenvalue weighted by Gasteiger charge is 2.59. The van der Waals surface area contributed by atoms with Crippen molar-refractivity contribution in [2.45, 2.75) is 25.0 Å². The van der Waals surface area contributed by atoms with Gasteiger partial charge in [0.25, 0.3) is 5.91 Å². The van der Waals surface area contributed by atoms with E-state index in [0.29, 0.717) is 24.1 Å². The molecule has 1 aromatic rings. The lowest BCUT2D eigenvalue weighted by molar-refractivity contribution is -0.140. The zero-order valence-electron chi connectivity index (χ0n) is 16.3. The quantitative estimate of drug-likeness (QED) is 0.217. The van der Waals surface area contributed by atoms with E-state index in [1.54, 1.807) is 19.1 Å². The molecule has 1 aliphatic rings. The van der Waals surface area contributed by atoms with Crippen molar-refractivity contribution in [3.63, 3.8) is 0 Å². The molecule has 0 radical (unpaired) electrons. The van der Waals surface area contributed by atoms with Gasteiger partial charge < -0.3 is 9.84 Å². The molecule has 30 heavy (non-hydrogen) atoms. The summed E-state index contributed by atoms with van der Waals surface area (Å²) in [6, 6.07) is 4.87. The number of benzene rings is 1. The van der Waals surface area contributed by atoms with Crippen molar-refractivity contribution in [2.24, 2.45) is 0 Å². The Morgan fingerprint density at radius 1 is 1.33 bits per heavy atom. The van der Waals surface area contributed by atoms with Crippen LogP contribution < -0.4 is 10.4 Å². The van der Waals surface area contributed by atoms with E-state index in [9.17, 15) is 23.2 Å². The molecule has 0 aromatic heterocycles. The molecular weight excluding hydrogens is 412 g/mol. The molecule has 1 heterocycles. The zero-order chi connectivity index (χ0) is 22.2. The zero-order valence-corrected chi connectivity index (χ0v) is 17.1. The van der Waals surface area contributed by atoms with Crippen LogP contribution in [-0.4, -0.2) is 67.4 Å². The van der Waals surface area contributed by atoms with Crippen LogP contribution in [0.1, 0.15) is 18.9 Å². The molecule has 3 N–H and O–H groups in total. The van der Waals surface area contributed by atoms with Gasteiger partial charge >= 0.3 is 0 Å². The molecule has 1 saturated heterocycles. The van der Waals surface area contributed by atoms with Gasteiger partial charge in [-0.2, -0.15) is 0 Å². The maximum absolute atomic E-state index is 12.4. The van der Waals surface area contributed by atoms with E-state index >= 15 is 0 Å². The molecule has 2 amide bonds. The minimum absolute atomic E-state index is 0.0436. The van der Waals surface area contributed by atoms with Crippen molar-refractivity contribution in [1.29, 1.82) is 0 Å². The SMILES string of the molecule is CCOC1(C(C(=O)NO)N(C=O)c2ccc(C#CC#CCCO)cc2)CS(=O)(=O)C1. The second-order valence-electron chi connectivity index (χ2n) is 6.49. The van der Waals surface area contributed by atoms with Crippen LogP contribution in [0.4, 0.5) is 5.69 Å². The Kier molecular flexibility index (Phi) is 7.98. The standard InChI is InChI=1S/C20H22N2O7S/c1-2-29-20(13-30(27,28)14-20)18(19(25)21-26)22(15-24)17-10-8-16(9-11-17)7-5-3-4-6-12-23/h8-11,15,18,23,26H,2,6,12-14H2,1H3,(H,21,25). The second-order valence-corrected chi connectivity index (χ2v) is 8.56. The van der Waals surface area contributed by atoms with Gasteiger partial charge in [-0.3, -0.25) is 19.7 Å². The summed E-state index contributed by atoms with van der Waals surface area (Å²) in [5.41, 5.74) is 0.910. The van der Waals surface area contributed by atoms with Gasteiger partial charge in [-0.1, -0.05) is 11.8 Å². The minimum Gasteiger partial charge on any atom is -0.395 e. The van der Waals surface area contributed by atoms with Crippen LogP contribution in [0, 0.1) is 23.7 Å². The number of hydroxylamine groups is 1. The molecule has 10 heteroatoms. The molecule has 2 rings (SSSR count). The van der Waals surface area contributed by atoms with E-state index in [2.05, 4.69) is 23.7 Å². The van der Waals surface area contributed by atoms with E-state index in [1.165, 1.54) is 17.6 Å². The fourth-order valence-electron chi connectivity index (χ4n) is 3.24. The first kappa shape index (κ1) is 23.4. The number of hydrogen-bond acceptors (Lipinski definition) is 7. The largest absolute Gasteiger partial charge is 0.395 e. The Morgan fingerprint density at radius 3 is 2.50 bits per heavy atom. The Labute approximate surface area is 174 Å². The number of aliphatic hydroxyl groups excluding tert-OH is 1. The molecule has 1 aromatic carbocycles. The minimum atomic E-state index is -3.42. The van der Waals surface area contributed by atoms with E-state index in [0.717, 1.165) is 4.90 Å². The number of rotatable bonds is 8. The average molecular weight is 434 g/mol. The second kappa shape index (κ2) is 10.2. The third-order valence-corrected chi connectivity index (χ3v) is 6.23. The van der Waals surface area contributed by atoms with Gasteiger partial charge in [0, 0.05) is 24.3 Å². The number of sulfone groups is 1. The van der Waals surface area contributed by atoms with Gasteiger partial charge in [0.15, 0.2) is 9.84 Å². The number of anilines is 1. The molecule has 9 nitrogen and oxygen atoms in total. The number of carbonyl (C=O) groups excluding carboxylic acids is 2. The number of amides is 2. The molecule has 1 unspecified atom stereocenters. The first-order chi connectivity index (χ1) is 14.3. The number of nitrogens with zero attached hydrogens (tertiary/aromatic N) is 1. The molecule has 0 bridgehead atoms. The summed E-state index contributed by atoms with van der Waals surface area (Å²) >= 11 is 0. The highest BCUT2D eigenvalue weighted by Crippen LogP contribution is 2.35. The van der Waals surface area contributed by atoms with Crippen molar-refractivity contribution in [3.05, 3.63) is 29.8 Å². The molecular formula is C20H22N2O7S. The highest BCUT2D eigenvalue weighted by molar-refractivity contribution is 7.93. The predicted molar refractivity (Wildman–Crippen MR) is 108 cm³/mol. The van der Waals surface area contributed by atoms with Crippen molar-refractivity contribution in [2.75, 3.05) is 29.6 Å².